The monoisotopic (exact) mass is 406 g/mol. The fraction of sp³-hybridized carbons (Fsp3) is 0.542. The van der Waals surface area contributed by atoms with Crippen LogP contribution in [0.3, 0.4) is 0 Å². The molecule has 6 heteroatoms. The van der Waals surface area contributed by atoms with Crippen molar-refractivity contribution in [2.75, 3.05) is 19.6 Å². The standard InChI is InChI=1S/C24H30N4O2/c29-22(14-17-6-2-1-3-7-17)28-12-10-18(15-28)23-25-21-16-27(19-8-4-5-9-19)13-11-20(21)24(30)26-23/h1-3,6-7,18-19H,4-5,8-16H2,(H,25,26,30)/t18-/m1/s1. The number of carbonyl (C=O) groups excluding carboxylic acids is 1. The van der Waals surface area contributed by atoms with Crippen LogP contribution in [0.4, 0.5) is 0 Å². The quantitative estimate of drug-likeness (QED) is 0.848. The Hall–Kier alpha value is -2.47. The van der Waals surface area contributed by atoms with Crippen molar-refractivity contribution in [2.45, 2.75) is 63.5 Å². The van der Waals surface area contributed by atoms with E-state index in [4.69, 9.17) is 4.98 Å². The average Bonchev–Trinajstić information content (AvgIpc) is 3.46. The van der Waals surface area contributed by atoms with E-state index in [1.54, 1.807) is 0 Å². The molecule has 1 saturated carbocycles. The van der Waals surface area contributed by atoms with E-state index in [9.17, 15) is 9.59 Å². The molecule has 30 heavy (non-hydrogen) atoms. The summed E-state index contributed by atoms with van der Waals surface area (Å²) < 4.78 is 0. The first-order valence-electron chi connectivity index (χ1n) is 11.3. The molecule has 1 aromatic carbocycles. The van der Waals surface area contributed by atoms with Crippen LogP contribution in [0.15, 0.2) is 35.1 Å². The Morgan fingerprint density at radius 1 is 1.10 bits per heavy atom. The molecular formula is C24H30N4O2. The van der Waals surface area contributed by atoms with Crippen molar-refractivity contribution < 1.29 is 4.79 Å². The zero-order chi connectivity index (χ0) is 20.5. The highest BCUT2D eigenvalue weighted by Gasteiger charge is 2.32. The molecule has 0 bridgehead atoms. The van der Waals surface area contributed by atoms with Gasteiger partial charge in [0.2, 0.25) is 5.91 Å². The molecule has 3 heterocycles. The Morgan fingerprint density at radius 3 is 2.70 bits per heavy atom. The lowest BCUT2D eigenvalue weighted by atomic mass is 10.0. The second-order valence-electron chi connectivity index (χ2n) is 9.02. The summed E-state index contributed by atoms with van der Waals surface area (Å²) in [5.41, 5.74) is 2.89. The zero-order valence-electron chi connectivity index (χ0n) is 17.5. The number of carbonyl (C=O) groups is 1. The number of likely N-dealkylation sites (tertiary alicyclic amines) is 1. The summed E-state index contributed by atoms with van der Waals surface area (Å²) in [5.74, 6) is 1.03. The molecule has 0 spiro atoms. The summed E-state index contributed by atoms with van der Waals surface area (Å²) in [7, 11) is 0. The highest BCUT2D eigenvalue weighted by atomic mass is 16.2. The third-order valence-corrected chi connectivity index (χ3v) is 7.09. The second kappa shape index (κ2) is 8.34. The number of fused-ring (bicyclic) bond motifs is 1. The lowest BCUT2D eigenvalue weighted by Gasteiger charge is -2.32. The van der Waals surface area contributed by atoms with Gasteiger partial charge in [0.1, 0.15) is 5.82 Å². The van der Waals surface area contributed by atoms with Crippen molar-refractivity contribution in [2.24, 2.45) is 0 Å². The van der Waals surface area contributed by atoms with Gasteiger partial charge in [-0.2, -0.15) is 0 Å². The fourth-order valence-corrected chi connectivity index (χ4v) is 5.35. The number of aromatic nitrogens is 2. The Labute approximate surface area is 177 Å². The lowest BCUT2D eigenvalue weighted by Crippen LogP contribution is -2.41. The van der Waals surface area contributed by atoms with Crippen LogP contribution in [0, 0.1) is 0 Å². The Balaban J connectivity index is 1.28. The maximum atomic E-state index is 12.7. The van der Waals surface area contributed by atoms with E-state index in [0.29, 0.717) is 19.0 Å². The summed E-state index contributed by atoms with van der Waals surface area (Å²) >= 11 is 0. The van der Waals surface area contributed by atoms with Gasteiger partial charge in [-0.05, 0) is 31.2 Å². The molecule has 1 saturated heterocycles. The molecule has 1 aliphatic carbocycles. The smallest absolute Gasteiger partial charge is 0.254 e. The second-order valence-corrected chi connectivity index (χ2v) is 9.02. The highest BCUT2D eigenvalue weighted by molar-refractivity contribution is 5.79. The number of amides is 1. The lowest BCUT2D eigenvalue weighted by molar-refractivity contribution is -0.129. The minimum atomic E-state index is 0.0233. The van der Waals surface area contributed by atoms with Gasteiger partial charge in [-0.3, -0.25) is 14.5 Å². The summed E-state index contributed by atoms with van der Waals surface area (Å²) in [6, 6.07) is 10.5. The third-order valence-electron chi connectivity index (χ3n) is 7.09. The van der Waals surface area contributed by atoms with E-state index in [-0.39, 0.29) is 17.4 Å². The highest BCUT2D eigenvalue weighted by Crippen LogP contribution is 2.29. The number of hydrogen-bond acceptors (Lipinski definition) is 4. The van der Waals surface area contributed by atoms with Crippen LogP contribution in [0.2, 0.25) is 0 Å². The molecule has 1 amide bonds. The van der Waals surface area contributed by atoms with E-state index < -0.39 is 0 Å². The molecule has 1 atom stereocenters. The van der Waals surface area contributed by atoms with E-state index in [0.717, 1.165) is 55.1 Å². The van der Waals surface area contributed by atoms with Gasteiger partial charge in [0.25, 0.3) is 5.56 Å². The molecule has 0 radical (unpaired) electrons. The number of nitrogens with zero attached hydrogens (tertiary/aromatic N) is 3. The molecule has 1 aromatic heterocycles. The molecule has 158 valence electrons. The van der Waals surface area contributed by atoms with Crippen LogP contribution in [0.25, 0.3) is 0 Å². The van der Waals surface area contributed by atoms with Gasteiger partial charge in [-0.1, -0.05) is 43.2 Å². The van der Waals surface area contributed by atoms with Gasteiger partial charge in [-0.15, -0.1) is 0 Å². The maximum absolute atomic E-state index is 12.7. The van der Waals surface area contributed by atoms with Gasteiger partial charge >= 0.3 is 0 Å². The van der Waals surface area contributed by atoms with E-state index >= 15 is 0 Å². The summed E-state index contributed by atoms with van der Waals surface area (Å²) in [6.45, 7) is 3.12. The molecule has 5 rings (SSSR count). The first-order chi connectivity index (χ1) is 14.7. The molecule has 2 aromatic rings. The van der Waals surface area contributed by atoms with Crippen LogP contribution in [-0.2, 0) is 24.2 Å². The predicted molar refractivity (Wildman–Crippen MR) is 115 cm³/mol. The van der Waals surface area contributed by atoms with E-state index in [2.05, 4.69) is 9.88 Å². The number of nitrogens with one attached hydrogen (secondary N) is 1. The number of rotatable bonds is 4. The average molecular weight is 407 g/mol. The summed E-state index contributed by atoms with van der Waals surface area (Å²) in [6.07, 6.45) is 7.25. The van der Waals surface area contributed by atoms with Crippen LogP contribution in [-0.4, -0.2) is 51.4 Å². The van der Waals surface area contributed by atoms with Crippen molar-refractivity contribution in [1.82, 2.24) is 19.8 Å². The van der Waals surface area contributed by atoms with Crippen molar-refractivity contribution in [3.63, 3.8) is 0 Å². The third kappa shape index (κ3) is 3.93. The number of aromatic amines is 1. The molecule has 2 fully saturated rings. The number of benzene rings is 1. The summed E-state index contributed by atoms with van der Waals surface area (Å²) in [5, 5.41) is 0. The molecule has 2 aliphatic heterocycles. The number of H-pyrrole nitrogens is 1. The number of hydrogen-bond donors (Lipinski definition) is 1. The van der Waals surface area contributed by atoms with Crippen molar-refractivity contribution in [3.05, 3.63) is 63.3 Å². The summed E-state index contributed by atoms with van der Waals surface area (Å²) in [4.78, 5) is 37.8. The van der Waals surface area contributed by atoms with Gasteiger partial charge in [-0.25, -0.2) is 4.98 Å². The van der Waals surface area contributed by atoms with Crippen molar-refractivity contribution >= 4 is 5.91 Å². The molecule has 3 aliphatic rings. The first kappa shape index (κ1) is 19.5. The van der Waals surface area contributed by atoms with Crippen LogP contribution in [0.5, 0.6) is 0 Å². The largest absolute Gasteiger partial charge is 0.342 e. The Morgan fingerprint density at radius 2 is 1.90 bits per heavy atom. The normalized spacial score (nSPS) is 22.4. The van der Waals surface area contributed by atoms with Gasteiger partial charge < -0.3 is 9.88 Å². The molecule has 6 nitrogen and oxygen atoms in total. The van der Waals surface area contributed by atoms with E-state index in [1.807, 2.05) is 35.2 Å². The zero-order valence-corrected chi connectivity index (χ0v) is 17.5. The van der Waals surface area contributed by atoms with Crippen LogP contribution < -0.4 is 5.56 Å². The Bertz CT molecular complexity index is 965. The minimum Gasteiger partial charge on any atom is -0.342 e. The Kier molecular flexibility index (Phi) is 5.42. The van der Waals surface area contributed by atoms with Crippen molar-refractivity contribution in [3.8, 4) is 0 Å². The first-order valence-corrected chi connectivity index (χ1v) is 11.3. The molecular weight excluding hydrogens is 376 g/mol. The maximum Gasteiger partial charge on any atom is 0.254 e. The van der Waals surface area contributed by atoms with Gasteiger partial charge in [0, 0.05) is 43.7 Å². The molecule has 0 unspecified atom stereocenters. The topological polar surface area (TPSA) is 69.3 Å². The van der Waals surface area contributed by atoms with E-state index in [1.165, 1.54) is 25.7 Å². The molecule has 1 N–H and O–H groups in total. The van der Waals surface area contributed by atoms with Gasteiger partial charge in [0.05, 0.1) is 12.1 Å². The fourth-order valence-electron chi connectivity index (χ4n) is 5.35. The van der Waals surface area contributed by atoms with Crippen LogP contribution >= 0.6 is 0 Å². The SMILES string of the molecule is O=C(Cc1ccccc1)N1CC[C@@H](c2nc3c(c(=O)[nH]2)CCN(C2CCCC2)C3)C1. The minimum absolute atomic E-state index is 0.0233. The van der Waals surface area contributed by atoms with Crippen molar-refractivity contribution in [1.29, 1.82) is 0 Å². The van der Waals surface area contributed by atoms with Crippen LogP contribution in [0.1, 0.15) is 60.7 Å². The predicted octanol–water partition coefficient (Wildman–Crippen LogP) is 2.63. The van der Waals surface area contributed by atoms with Gasteiger partial charge in [0.15, 0.2) is 0 Å².